The van der Waals surface area contributed by atoms with Crippen LogP contribution in [0, 0.1) is 0 Å². The summed E-state index contributed by atoms with van der Waals surface area (Å²) in [5.41, 5.74) is 3.30. The predicted octanol–water partition coefficient (Wildman–Crippen LogP) is 1.74. The first-order chi connectivity index (χ1) is 8.33. The fourth-order valence-corrected chi connectivity index (χ4v) is 1.75. The van der Waals surface area contributed by atoms with Crippen LogP contribution in [0.25, 0.3) is 5.69 Å². The maximum absolute atomic E-state index is 5.13. The van der Waals surface area contributed by atoms with Crippen LogP contribution >= 0.6 is 0 Å². The Labute approximate surface area is 101 Å². The SMILES string of the molecule is CNCc1cn(-c2cccc(COC)c2)cn1. The van der Waals surface area contributed by atoms with Crippen molar-refractivity contribution in [3.05, 3.63) is 48.0 Å². The molecule has 0 unspecified atom stereocenters. The van der Waals surface area contributed by atoms with E-state index in [4.69, 9.17) is 4.74 Å². The van der Waals surface area contributed by atoms with Gasteiger partial charge in [-0.05, 0) is 24.7 Å². The number of benzene rings is 1. The van der Waals surface area contributed by atoms with Crippen LogP contribution < -0.4 is 5.32 Å². The molecule has 2 aromatic rings. The lowest BCUT2D eigenvalue weighted by molar-refractivity contribution is 0.185. The van der Waals surface area contributed by atoms with Gasteiger partial charge in [-0.25, -0.2) is 4.98 Å². The monoisotopic (exact) mass is 231 g/mol. The molecule has 0 atom stereocenters. The highest BCUT2D eigenvalue weighted by molar-refractivity contribution is 5.36. The van der Waals surface area contributed by atoms with Crippen LogP contribution in [0.5, 0.6) is 0 Å². The fourth-order valence-electron chi connectivity index (χ4n) is 1.75. The molecule has 1 heterocycles. The number of methoxy groups -OCH3 is 1. The summed E-state index contributed by atoms with van der Waals surface area (Å²) < 4.78 is 7.15. The standard InChI is InChI=1S/C13H17N3O/c1-14-7-12-8-16(10-15-12)13-5-3-4-11(6-13)9-17-2/h3-6,8,10,14H,7,9H2,1-2H3. The van der Waals surface area contributed by atoms with E-state index in [9.17, 15) is 0 Å². The Morgan fingerprint density at radius 2 is 2.29 bits per heavy atom. The maximum Gasteiger partial charge on any atom is 0.0995 e. The molecule has 4 heteroatoms. The van der Waals surface area contributed by atoms with Crippen LogP contribution in [0.1, 0.15) is 11.3 Å². The molecule has 1 aromatic carbocycles. The Bertz CT molecular complexity index is 479. The van der Waals surface area contributed by atoms with Gasteiger partial charge >= 0.3 is 0 Å². The molecular weight excluding hydrogens is 214 g/mol. The van der Waals surface area contributed by atoms with E-state index in [-0.39, 0.29) is 0 Å². The van der Waals surface area contributed by atoms with Gasteiger partial charge in [-0.3, -0.25) is 0 Å². The second-order valence-corrected chi connectivity index (χ2v) is 3.91. The molecular formula is C13H17N3O. The Kier molecular flexibility index (Phi) is 3.90. The molecule has 90 valence electrons. The second-order valence-electron chi connectivity index (χ2n) is 3.91. The number of imidazole rings is 1. The van der Waals surface area contributed by atoms with Crippen LogP contribution in [0.3, 0.4) is 0 Å². The average molecular weight is 231 g/mol. The average Bonchev–Trinajstić information content (AvgIpc) is 2.79. The highest BCUT2D eigenvalue weighted by Gasteiger charge is 2.01. The lowest BCUT2D eigenvalue weighted by atomic mass is 10.2. The summed E-state index contributed by atoms with van der Waals surface area (Å²) in [5.74, 6) is 0. The molecule has 0 radical (unpaired) electrons. The minimum Gasteiger partial charge on any atom is -0.380 e. The molecule has 0 fully saturated rings. The summed E-state index contributed by atoms with van der Waals surface area (Å²) in [4.78, 5) is 4.33. The molecule has 0 spiro atoms. The molecule has 0 amide bonds. The van der Waals surface area contributed by atoms with Crippen LogP contribution in [0.2, 0.25) is 0 Å². The normalized spacial score (nSPS) is 10.7. The molecule has 0 aliphatic carbocycles. The summed E-state index contributed by atoms with van der Waals surface area (Å²) in [5, 5.41) is 3.08. The Balaban J connectivity index is 2.22. The van der Waals surface area contributed by atoms with Crippen molar-refractivity contribution in [3.8, 4) is 5.69 Å². The number of rotatable bonds is 5. The van der Waals surface area contributed by atoms with Crippen molar-refractivity contribution in [3.63, 3.8) is 0 Å². The van der Waals surface area contributed by atoms with Crippen molar-refractivity contribution in [2.75, 3.05) is 14.2 Å². The van der Waals surface area contributed by atoms with E-state index in [2.05, 4.69) is 28.5 Å². The molecule has 0 aliphatic heterocycles. The Morgan fingerprint density at radius 1 is 1.41 bits per heavy atom. The van der Waals surface area contributed by atoms with Crippen LogP contribution in [0.4, 0.5) is 0 Å². The van der Waals surface area contributed by atoms with E-state index < -0.39 is 0 Å². The van der Waals surface area contributed by atoms with E-state index >= 15 is 0 Å². The van der Waals surface area contributed by atoms with E-state index in [1.54, 1.807) is 7.11 Å². The van der Waals surface area contributed by atoms with Gasteiger partial charge in [0.1, 0.15) is 0 Å². The topological polar surface area (TPSA) is 39.1 Å². The van der Waals surface area contributed by atoms with Gasteiger partial charge in [0.05, 0.1) is 18.6 Å². The van der Waals surface area contributed by atoms with Crippen molar-refractivity contribution >= 4 is 0 Å². The third kappa shape index (κ3) is 2.93. The first-order valence-electron chi connectivity index (χ1n) is 5.59. The summed E-state index contributed by atoms with van der Waals surface area (Å²) >= 11 is 0. The molecule has 17 heavy (non-hydrogen) atoms. The van der Waals surface area contributed by atoms with Crippen molar-refractivity contribution < 1.29 is 4.74 Å². The number of nitrogens with one attached hydrogen (secondary N) is 1. The zero-order valence-electron chi connectivity index (χ0n) is 10.2. The number of aromatic nitrogens is 2. The Morgan fingerprint density at radius 3 is 3.06 bits per heavy atom. The van der Waals surface area contributed by atoms with E-state index in [0.29, 0.717) is 6.61 Å². The second kappa shape index (κ2) is 5.61. The van der Waals surface area contributed by atoms with Crippen molar-refractivity contribution in [2.24, 2.45) is 0 Å². The van der Waals surface area contributed by atoms with Gasteiger partial charge in [0.15, 0.2) is 0 Å². The summed E-state index contributed by atoms with van der Waals surface area (Å²) in [6.07, 6.45) is 3.86. The van der Waals surface area contributed by atoms with Gasteiger partial charge in [-0.15, -0.1) is 0 Å². The van der Waals surface area contributed by atoms with Gasteiger partial charge in [-0.1, -0.05) is 12.1 Å². The number of nitrogens with zero attached hydrogens (tertiary/aromatic N) is 2. The van der Waals surface area contributed by atoms with Crippen LogP contribution in [0.15, 0.2) is 36.8 Å². The molecule has 0 saturated carbocycles. The molecule has 0 saturated heterocycles. The van der Waals surface area contributed by atoms with Gasteiger partial charge in [0, 0.05) is 25.5 Å². The minimum absolute atomic E-state index is 0.631. The lowest BCUT2D eigenvalue weighted by Crippen LogP contribution is -2.04. The van der Waals surface area contributed by atoms with Gasteiger partial charge < -0.3 is 14.6 Å². The lowest BCUT2D eigenvalue weighted by Gasteiger charge is -2.05. The minimum atomic E-state index is 0.631. The quantitative estimate of drug-likeness (QED) is 0.852. The first kappa shape index (κ1) is 11.8. The number of hydrogen-bond donors (Lipinski definition) is 1. The third-order valence-corrected chi connectivity index (χ3v) is 2.51. The molecule has 2 rings (SSSR count). The van der Waals surface area contributed by atoms with Crippen molar-refractivity contribution in [1.82, 2.24) is 14.9 Å². The molecule has 1 N–H and O–H groups in total. The summed E-state index contributed by atoms with van der Waals surface area (Å²) in [6, 6.07) is 8.25. The first-order valence-corrected chi connectivity index (χ1v) is 5.59. The molecule has 0 aliphatic rings. The zero-order valence-corrected chi connectivity index (χ0v) is 10.2. The fraction of sp³-hybridized carbons (Fsp3) is 0.308. The highest BCUT2D eigenvalue weighted by Crippen LogP contribution is 2.12. The highest BCUT2D eigenvalue weighted by atomic mass is 16.5. The summed E-state index contributed by atoms with van der Waals surface area (Å²) in [6.45, 7) is 1.41. The predicted molar refractivity (Wildman–Crippen MR) is 67.0 cm³/mol. The van der Waals surface area contributed by atoms with Crippen LogP contribution in [-0.2, 0) is 17.9 Å². The largest absolute Gasteiger partial charge is 0.380 e. The smallest absolute Gasteiger partial charge is 0.0995 e. The Hall–Kier alpha value is -1.65. The van der Waals surface area contributed by atoms with E-state index in [1.807, 2.05) is 30.2 Å². The molecule has 1 aromatic heterocycles. The number of ether oxygens (including phenoxy) is 1. The summed E-state index contributed by atoms with van der Waals surface area (Å²) in [7, 11) is 3.62. The maximum atomic E-state index is 5.13. The van der Waals surface area contributed by atoms with Crippen LogP contribution in [-0.4, -0.2) is 23.7 Å². The van der Waals surface area contributed by atoms with Crippen molar-refractivity contribution in [2.45, 2.75) is 13.2 Å². The van der Waals surface area contributed by atoms with Crippen molar-refractivity contribution in [1.29, 1.82) is 0 Å². The van der Waals surface area contributed by atoms with Gasteiger partial charge in [0.25, 0.3) is 0 Å². The third-order valence-electron chi connectivity index (χ3n) is 2.51. The van der Waals surface area contributed by atoms with E-state index in [1.165, 1.54) is 0 Å². The van der Waals surface area contributed by atoms with E-state index in [0.717, 1.165) is 23.5 Å². The molecule has 0 bridgehead atoms. The molecule has 4 nitrogen and oxygen atoms in total. The number of hydrogen-bond acceptors (Lipinski definition) is 3. The van der Waals surface area contributed by atoms with Gasteiger partial charge in [-0.2, -0.15) is 0 Å². The van der Waals surface area contributed by atoms with Gasteiger partial charge in [0.2, 0.25) is 0 Å². The zero-order chi connectivity index (χ0) is 12.1.